The monoisotopic (exact) mass is 286 g/mol. The minimum Gasteiger partial charge on any atom is -0.344 e. The Kier molecular flexibility index (Phi) is 3.32. The fourth-order valence-corrected chi connectivity index (χ4v) is 2.49. The molecule has 1 saturated heterocycles. The fraction of sp³-hybridized carbons (Fsp3) is 0.429. The first kappa shape index (κ1) is 13.5. The summed E-state index contributed by atoms with van der Waals surface area (Å²) in [5.41, 5.74) is 2.72. The number of aromatic nitrogens is 4. The molecule has 0 radical (unpaired) electrons. The van der Waals surface area contributed by atoms with Gasteiger partial charge in [0.15, 0.2) is 0 Å². The first-order valence-electron chi connectivity index (χ1n) is 6.90. The molecule has 2 aromatic heterocycles. The largest absolute Gasteiger partial charge is 0.344 e. The van der Waals surface area contributed by atoms with Crippen molar-refractivity contribution >= 4 is 11.9 Å². The van der Waals surface area contributed by atoms with Crippen molar-refractivity contribution < 1.29 is 4.79 Å². The molecule has 0 bridgehead atoms. The predicted molar refractivity (Wildman–Crippen MR) is 78.6 cm³/mol. The molecule has 21 heavy (non-hydrogen) atoms. The third-order valence-electron chi connectivity index (χ3n) is 3.77. The lowest BCUT2D eigenvalue weighted by atomic mass is 10.2. The van der Waals surface area contributed by atoms with Crippen molar-refractivity contribution in [3.05, 3.63) is 24.0 Å². The summed E-state index contributed by atoms with van der Waals surface area (Å²) < 4.78 is 1.77. The van der Waals surface area contributed by atoms with Crippen LogP contribution in [0.2, 0.25) is 0 Å². The van der Waals surface area contributed by atoms with Gasteiger partial charge in [-0.3, -0.25) is 9.48 Å². The summed E-state index contributed by atoms with van der Waals surface area (Å²) in [5.74, 6) is 0.562. The number of likely N-dealkylation sites (tertiary alicyclic amines) is 1. The Balaban J connectivity index is 1.88. The Morgan fingerprint density at radius 1 is 1.38 bits per heavy atom. The molecule has 0 aromatic carbocycles. The number of rotatable bonds is 3. The standard InChI is InChI=1S/C14H18N6O/c1-9-8-15-14(17-10-5-7-19(2)13(10)21)18-12(9)11-4-6-16-20(11)3/h4,6,8,10H,5,7H2,1-3H3,(H,15,17,18). The molecule has 0 saturated carbocycles. The molecule has 0 aliphatic carbocycles. The molecule has 1 N–H and O–H groups in total. The first-order chi connectivity index (χ1) is 10.1. The van der Waals surface area contributed by atoms with Crippen molar-refractivity contribution in [2.45, 2.75) is 19.4 Å². The molecular formula is C14H18N6O. The van der Waals surface area contributed by atoms with Gasteiger partial charge in [0, 0.05) is 33.0 Å². The number of carbonyl (C=O) groups is 1. The average molecular weight is 286 g/mol. The number of amides is 1. The van der Waals surface area contributed by atoms with Gasteiger partial charge in [-0.2, -0.15) is 5.10 Å². The third kappa shape index (κ3) is 2.46. The van der Waals surface area contributed by atoms with Crippen molar-refractivity contribution in [1.29, 1.82) is 0 Å². The van der Waals surface area contributed by atoms with Crippen LogP contribution in [0.25, 0.3) is 11.4 Å². The summed E-state index contributed by atoms with van der Waals surface area (Å²) in [6.45, 7) is 2.72. The fourth-order valence-electron chi connectivity index (χ4n) is 2.49. The van der Waals surface area contributed by atoms with Crippen molar-refractivity contribution in [2.24, 2.45) is 7.05 Å². The first-order valence-corrected chi connectivity index (χ1v) is 6.90. The second-order valence-corrected chi connectivity index (χ2v) is 5.31. The number of likely N-dealkylation sites (N-methyl/N-ethyl adjacent to an activating group) is 1. The summed E-state index contributed by atoms with van der Waals surface area (Å²) >= 11 is 0. The summed E-state index contributed by atoms with van der Waals surface area (Å²) in [7, 11) is 3.68. The van der Waals surface area contributed by atoms with Crippen molar-refractivity contribution in [3.63, 3.8) is 0 Å². The minimum atomic E-state index is -0.239. The Labute approximate surface area is 123 Å². The number of carbonyl (C=O) groups excluding carboxylic acids is 1. The van der Waals surface area contributed by atoms with Gasteiger partial charge < -0.3 is 10.2 Å². The van der Waals surface area contributed by atoms with E-state index >= 15 is 0 Å². The molecule has 1 atom stereocenters. The van der Waals surface area contributed by atoms with Gasteiger partial charge in [0.2, 0.25) is 11.9 Å². The second-order valence-electron chi connectivity index (χ2n) is 5.31. The lowest BCUT2D eigenvalue weighted by molar-refractivity contribution is -0.127. The van der Waals surface area contributed by atoms with Crippen molar-refractivity contribution in [3.8, 4) is 11.4 Å². The van der Waals surface area contributed by atoms with E-state index in [1.807, 2.05) is 20.0 Å². The lowest BCUT2D eigenvalue weighted by Gasteiger charge is -2.13. The number of nitrogens with zero attached hydrogens (tertiary/aromatic N) is 5. The smallest absolute Gasteiger partial charge is 0.244 e. The summed E-state index contributed by atoms with van der Waals surface area (Å²) in [4.78, 5) is 22.5. The third-order valence-corrected chi connectivity index (χ3v) is 3.77. The van der Waals surface area contributed by atoms with Crippen LogP contribution in [0.4, 0.5) is 5.95 Å². The summed E-state index contributed by atoms with van der Waals surface area (Å²) in [6.07, 6.45) is 4.27. The van der Waals surface area contributed by atoms with Crippen LogP contribution in [0.3, 0.4) is 0 Å². The second kappa shape index (κ2) is 5.16. The molecule has 2 aromatic rings. The van der Waals surface area contributed by atoms with Crippen LogP contribution in [-0.4, -0.2) is 50.2 Å². The number of anilines is 1. The maximum Gasteiger partial charge on any atom is 0.244 e. The van der Waals surface area contributed by atoms with Gasteiger partial charge in [-0.15, -0.1) is 0 Å². The normalized spacial score (nSPS) is 18.3. The molecule has 3 heterocycles. The highest BCUT2D eigenvalue weighted by molar-refractivity contribution is 5.86. The van der Waals surface area contributed by atoms with E-state index in [9.17, 15) is 4.79 Å². The van der Waals surface area contributed by atoms with Gasteiger partial charge in [0.25, 0.3) is 0 Å². The van der Waals surface area contributed by atoms with E-state index in [1.54, 1.807) is 29.0 Å². The molecule has 1 amide bonds. The van der Waals surface area contributed by atoms with Crippen LogP contribution in [-0.2, 0) is 11.8 Å². The van der Waals surface area contributed by atoms with Gasteiger partial charge in [-0.05, 0) is 25.0 Å². The maximum absolute atomic E-state index is 11.9. The highest BCUT2D eigenvalue weighted by atomic mass is 16.2. The van der Waals surface area contributed by atoms with Gasteiger partial charge in [-0.1, -0.05) is 0 Å². The van der Waals surface area contributed by atoms with Crippen LogP contribution in [0.5, 0.6) is 0 Å². The molecular weight excluding hydrogens is 268 g/mol. The van der Waals surface area contributed by atoms with E-state index in [2.05, 4.69) is 20.4 Å². The zero-order chi connectivity index (χ0) is 15.0. The summed E-state index contributed by atoms with van der Waals surface area (Å²) in [6, 6.07) is 1.67. The highest BCUT2D eigenvalue weighted by Crippen LogP contribution is 2.21. The van der Waals surface area contributed by atoms with Crippen molar-refractivity contribution in [1.82, 2.24) is 24.6 Å². The van der Waals surface area contributed by atoms with Crippen molar-refractivity contribution in [2.75, 3.05) is 18.9 Å². The molecule has 3 rings (SSSR count). The Morgan fingerprint density at radius 2 is 2.19 bits per heavy atom. The Morgan fingerprint density at radius 3 is 2.81 bits per heavy atom. The molecule has 0 spiro atoms. The number of hydrogen-bond donors (Lipinski definition) is 1. The zero-order valence-corrected chi connectivity index (χ0v) is 12.4. The number of aryl methyl sites for hydroxylation is 2. The molecule has 1 fully saturated rings. The van der Waals surface area contributed by atoms with Gasteiger partial charge in [0.1, 0.15) is 6.04 Å². The number of hydrogen-bond acceptors (Lipinski definition) is 5. The molecule has 1 aliphatic rings. The predicted octanol–water partition coefficient (Wildman–Crippen LogP) is 0.828. The van der Waals surface area contributed by atoms with E-state index in [-0.39, 0.29) is 11.9 Å². The van der Waals surface area contributed by atoms with E-state index in [1.165, 1.54) is 0 Å². The highest BCUT2D eigenvalue weighted by Gasteiger charge is 2.29. The molecule has 110 valence electrons. The quantitative estimate of drug-likeness (QED) is 0.904. The van der Waals surface area contributed by atoms with Crippen LogP contribution in [0.15, 0.2) is 18.5 Å². The molecule has 1 unspecified atom stereocenters. The average Bonchev–Trinajstić information content (AvgIpc) is 3.02. The van der Waals surface area contributed by atoms with Crippen LogP contribution in [0.1, 0.15) is 12.0 Å². The maximum atomic E-state index is 11.9. The van der Waals surface area contributed by atoms with E-state index in [0.29, 0.717) is 5.95 Å². The summed E-state index contributed by atoms with van der Waals surface area (Å²) in [5, 5.41) is 7.29. The molecule has 7 nitrogen and oxygen atoms in total. The Bertz CT molecular complexity index is 680. The SMILES string of the molecule is Cc1cnc(NC2CCN(C)C2=O)nc1-c1ccnn1C. The van der Waals surface area contributed by atoms with Crippen LogP contribution >= 0.6 is 0 Å². The van der Waals surface area contributed by atoms with Gasteiger partial charge in [0.05, 0.1) is 11.4 Å². The van der Waals surface area contributed by atoms with Crippen LogP contribution < -0.4 is 5.32 Å². The van der Waals surface area contributed by atoms with E-state index in [4.69, 9.17) is 0 Å². The number of nitrogens with one attached hydrogen (secondary N) is 1. The minimum absolute atomic E-state index is 0.0845. The Hall–Kier alpha value is -2.44. The zero-order valence-electron chi connectivity index (χ0n) is 12.4. The lowest BCUT2D eigenvalue weighted by Crippen LogP contribution is -2.31. The van der Waals surface area contributed by atoms with E-state index < -0.39 is 0 Å². The van der Waals surface area contributed by atoms with Gasteiger partial charge >= 0.3 is 0 Å². The van der Waals surface area contributed by atoms with Gasteiger partial charge in [-0.25, -0.2) is 9.97 Å². The molecule has 1 aliphatic heterocycles. The topological polar surface area (TPSA) is 75.9 Å². The van der Waals surface area contributed by atoms with E-state index in [0.717, 1.165) is 29.9 Å². The molecule has 7 heteroatoms. The van der Waals surface area contributed by atoms with Crippen LogP contribution in [0, 0.1) is 6.92 Å².